The van der Waals surface area contributed by atoms with Gasteiger partial charge in [0, 0.05) is 17.4 Å². The highest BCUT2D eigenvalue weighted by atomic mass is 35.5. The maximum absolute atomic E-state index is 14.8. The van der Waals surface area contributed by atoms with E-state index in [0.29, 0.717) is 18.9 Å². The normalized spacial score (nSPS) is 25.7. The molecule has 0 unspecified atom stereocenters. The van der Waals surface area contributed by atoms with Gasteiger partial charge in [0.25, 0.3) is 11.9 Å². The number of halogens is 3. The van der Waals surface area contributed by atoms with Crippen molar-refractivity contribution >= 4 is 40.8 Å². The number of carbonyl (C=O) groups excluding carboxylic acids is 1. The van der Waals surface area contributed by atoms with E-state index in [9.17, 15) is 9.18 Å². The molecule has 1 saturated heterocycles. The van der Waals surface area contributed by atoms with Crippen molar-refractivity contribution in [2.45, 2.75) is 18.6 Å². The zero-order valence-corrected chi connectivity index (χ0v) is 16.8. The van der Waals surface area contributed by atoms with Crippen molar-refractivity contribution in [1.29, 1.82) is 0 Å². The number of ether oxygens (including phenoxy) is 2. The number of nitrogens with one attached hydrogen (secondary N) is 1. The number of aliphatic imine (C=N–C) groups is 1. The molecule has 10 heteroatoms. The number of aromatic nitrogens is 1. The molecule has 1 amide bonds. The van der Waals surface area contributed by atoms with Crippen molar-refractivity contribution in [3.05, 3.63) is 57.6 Å². The Morgan fingerprint density at radius 3 is 2.93 bits per heavy atom. The minimum atomic E-state index is -1.01. The first-order valence-electron chi connectivity index (χ1n) is 8.80. The quantitative estimate of drug-likeness (QED) is 0.765. The molecule has 1 fully saturated rings. The molecule has 152 valence electrons. The molecule has 2 aliphatic rings. The van der Waals surface area contributed by atoms with Crippen LogP contribution >= 0.6 is 23.2 Å². The third kappa shape index (κ3) is 3.52. The number of amides is 1. The minimum absolute atomic E-state index is 0.0250. The van der Waals surface area contributed by atoms with E-state index in [-0.39, 0.29) is 39.3 Å². The average Bonchev–Trinajstić information content (AvgIpc) is 3.14. The van der Waals surface area contributed by atoms with Gasteiger partial charge in [0.1, 0.15) is 17.6 Å². The Morgan fingerprint density at radius 1 is 1.34 bits per heavy atom. The number of pyridine rings is 1. The molecular weight excluding hydrogens is 422 g/mol. The topological polar surface area (TPSA) is 98.8 Å². The predicted molar refractivity (Wildman–Crippen MR) is 107 cm³/mol. The monoisotopic (exact) mass is 438 g/mol. The van der Waals surface area contributed by atoms with Crippen LogP contribution in [0.15, 0.2) is 35.5 Å². The number of anilines is 1. The van der Waals surface area contributed by atoms with E-state index in [2.05, 4.69) is 15.3 Å². The van der Waals surface area contributed by atoms with Crippen LogP contribution in [0.25, 0.3) is 0 Å². The molecule has 2 aromatic rings. The van der Waals surface area contributed by atoms with Gasteiger partial charge in [0.15, 0.2) is 0 Å². The number of rotatable bonds is 3. The van der Waals surface area contributed by atoms with Gasteiger partial charge in [-0.05, 0) is 31.2 Å². The molecule has 0 spiro atoms. The van der Waals surface area contributed by atoms with Crippen molar-refractivity contribution in [1.82, 2.24) is 4.98 Å². The molecule has 2 aliphatic heterocycles. The molecule has 3 heterocycles. The third-order valence-corrected chi connectivity index (χ3v) is 5.99. The predicted octanol–water partition coefficient (Wildman–Crippen LogP) is 3.35. The van der Waals surface area contributed by atoms with Gasteiger partial charge >= 0.3 is 0 Å². The molecule has 1 aromatic heterocycles. The number of hydrogen-bond acceptors (Lipinski definition) is 6. The Morgan fingerprint density at radius 2 is 2.14 bits per heavy atom. The molecule has 0 radical (unpaired) electrons. The van der Waals surface area contributed by atoms with E-state index in [0.717, 1.165) is 0 Å². The molecule has 0 saturated carbocycles. The van der Waals surface area contributed by atoms with E-state index >= 15 is 0 Å². The first kappa shape index (κ1) is 19.9. The maximum atomic E-state index is 14.8. The Bertz CT molecular complexity index is 1020. The Balaban J connectivity index is 1.69. The van der Waals surface area contributed by atoms with Crippen molar-refractivity contribution in [3.8, 4) is 0 Å². The van der Waals surface area contributed by atoms with Gasteiger partial charge < -0.3 is 20.5 Å². The van der Waals surface area contributed by atoms with Crippen LogP contribution in [-0.2, 0) is 15.0 Å². The smallest absolute Gasteiger partial charge is 0.283 e. The summed E-state index contributed by atoms with van der Waals surface area (Å²) >= 11 is 12.0. The highest BCUT2D eigenvalue weighted by Crippen LogP contribution is 2.43. The second kappa shape index (κ2) is 7.44. The van der Waals surface area contributed by atoms with Crippen LogP contribution in [0.2, 0.25) is 10.0 Å². The lowest BCUT2D eigenvalue weighted by Crippen LogP contribution is -2.47. The fraction of sp³-hybridized carbons (Fsp3) is 0.316. The van der Waals surface area contributed by atoms with Crippen LogP contribution < -0.4 is 11.1 Å². The highest BCUT2D eigenvalue weighted by molar-refractivity contribution is 6.43. The van der Waals surface area contributed by atoms with Gasteiger partial charge in [-0.15, -0.1) is 0 Å². The van der Waals surface area contributed by atoms with Gasteiger partial charge in [0.05, 0.1) is 34.7 Å². The second-order valence-electron chi connectivity index (χ2n) is 7.00. The molecule has 3 N–H and O–H groups in total. The molecule has 3 atom stereocenters. The molecule has 0 aliphatic carbocycles. The number of amidine groups is 1. The van der Waals surface area contributed by atoms with Crippen LogP contribution in [0.1, 0.15) is 23.0 Å². The van der Waals surface area contributed by atoms with E-state index in [1.807, 2.05) is 0 Å². The SMILES string of the molecule is C[C@]1(c2cc(NC(=O)c3nccc(Cl)c3Cl)ccc2F)N=C(N)O[C@@H]2COC[C@@H]21. The third-order valence-electron chi connectivity index (χ3n) is 5.19. The standard InChI is InChI=1S/C19H17Cl2FN4O3/c1-19(11-7-28-8-14(11)29-18(23)26-19)10-6-9(2-3-13(10)22)25-17(27)16-15(21)12(20)4-5-24-16/h2-6,11,14H,7-8H2,1H3,(H2,23,26)(H,25,27)/t11-,14+,19+/m0/s1. The molecule has 0 bridgehead atoms. The first-order valence-corrected chi connectivity index (χ1v) is 9.56. The summed E-state index contributed by atoms with van der Waals surface area (Å²) in [5, 5.41) is 2.91. The largest absolute Gasteiger partial charge is 0.459 e. The molecule has 29 heavy (non-hydrogen) atoms. The van der Waals surface area contributed by atoms with Gasteiger partial charge in [-0.25, -0.2) is 14.4 Å². The first-order chi connectivity index (χ1) is 13.8. The Labute approximate surface area is 176 Å². The number of benzene rings is 1. The molecule has 4 rings (SSSR count). The highest BCUT2D eigenvalue weighted by Gasteiger charge is 2.50. The van der Waals surface area contributed by atoms with Crippen LogP contribution in [-0.4, -0.2) is 36.2 Å². The van der Waals surface area contributed by atoms with E-state index < -0.39 is 17.3 Å². The Hall–Kier alpha value is -2.42. The van der Waals surface area contributed by atoms with Gasteiger partial charge in [-0.2, -0.15) is 0 Å². The molecule has 1 aromatic carbocycles. The van der Waals surface area contributed by atoms with Crippen molar-refractivity contribution in [2.24, 2.45) is 16.6 Å². The summed E-state index contributed by atoms with van der Waals surface area (Å²) in [6, 6.07) is 5.67. The molecule has 7 nitrogen and oxygen atoms in total. The number of fused-ring (bicyclic) bond motifs is 1. The summed E-state index contributed by atoms with van der Waals surface area (Å²) in [5.41, 5.74) is 5.40. The van der Waals surface area contributed by atoms with Crippen LogP contribution in [0.4, 0.5) is 10.1 Å². The summed E-state index contributed by atoms with van der Waals surface area (Å²) < 4.78 is 25.8. The van der Waals surface area contributed by atoms with Crippen molar-refractivity contribution < 1.29 is 18.7 Å². The molecular formula is C19H17Cl2FN4O3. The zero-order chi connectivity index (χ0) is 20.8. The van der Waals surface area contributed by atoms with E-state index in [1.54, 1.807) is 6.92 Å². The maximum Gasteiger partial charge on any atom is 0.283 e. The zero-order valence-electron chi connectivity index (χ0n) is 15.3. The van der Waals surface area contributed by atoms with Crippen LogP contribution in [0.5, 0.6) is 0 Å². The number of carbonyl (C=O) groups is 1. The van der Waals surface area contributed by atoms with Gasteiger partial charge in [0.2, 0.25) is 0 Å². The summed E-state index contributed by atoms with van der Waals surface area (Å²) in [7, 11) is 0. The fourth-order valence-corrected chi connectivity index (χ4v) is 4.03. The summed E-state index contributed by atoms with van der Waals surface area (Å²) in [6.07, 6.45) is 1.06. The lowest BCUT2D eigenvalue weighted by Gasteiger charge is -2.38. The van der Waals surface area contributed by atoms with E-state index in [1.165, 1.54) is 30.5 Å². The van der Waals surface area contributed by atoms with Gasteiger partial charge in [-0.1, -0.05) is 23.2 Å². The van der Waals surface area contributed by atoms with Crippen LogP contribution in [0, 0.1) is 11.7 Å². The summed E-state index contributed by atoms with van der Waals surface area (Å²) in [4.78, 5) is 20.9. The van der Waals surface area contributed by atoms with Crippen molar-refractivity contribution in [3.63, 3.8) is 0 Å². The summed E-state index contributed by atoms with van der Waals surface area (Å²) in [6.45, 7) is 2.48. The van der Waals surface area contributed by atoms with E-state index in [4.69, 9.17) is 38.4 Å². The number of hydrogen-bond donors (Lipinski definition) is 2. The van der Waals surface area contributed by atoms with Crippen molar-refractivity contribution in [2.75, 3.05) is 18.5 Å². The van der Waals surface area contributed by atoms with Crippen LogP contribution in [0.3, 0.4) is 0 Å². The Kier molecular flexibility index (Phi) is 5.10. The fourth-order valence-electron chi connectivity index (χ4n) is 3.69. The minimum Gasteiger partial charge on any atom is -0.459 e. The average molecular weight is 439 g/mol. The lowest BCUT2D eigenvalue weighted by molar-refractivity contribution is 0.0817. The van der Waals surface area contributed by atoms with Gasteiger partial charge in [-0.3, -0.25) is 4.79 Å². The lowest BCUT2D eigenvalue weighted by atomic mass is 9.77. The number of nitrogens with two attached hydrogens (primary N) is 1. The second-order valence-corrected chi connectivity index (χ2v) is 7.79. The summed E-state index contributed by atoms with van der Waals surface area (Å²) in [5.74, 6) is -1.27. The number of nitrogens with zero attached hydrogens (tertiary/aromatic N) is 2.